The monoisotopic (exact) mass is 265 g/mol. The van der Waals surface area contributed by atoms with Crippen molar-refractivity contribution in [3.05, 3.63) is 35.9 Å². The van der Waals surface area contributed by atoms with Gasteiger partial charge in [0.05, 0.1) is 0 Å². The number of rotatable bonds is 3. The van der Waals surface area contributed by atoms with Crippen molar-refractivity contribution < 1.29 is 4.43 Å². The van der Waals surface area contributed by atoms with Crippen LogP contribution in [-0.2, 0) is 4.43 Å². The van der Waals surface area contributed by atoms with E-state index in [1.807, 2.05) is 18.2 Å². The third-order valence-electron chi connectivity index (χ3n) is 1.86. The van der Waals surface area contributed by atoms with Crippen LogP contribution in [0.4, 0.5) is 0 Å². The maximum atomic E-state index is 6.12. The summed E-state index contributed by atoms with van der Waals surface area (Å²) in [5.74, 6) is 0.837. The normalized spacial score (nSPS) is 13.6. The summed E-state index contributed by atoms with van der Waals surface area (Å²) in [7, 11) is -3.13. The number of hydrogen-bond acceptors (Lipinski definition) is 2. The highest BCUT2D eigenvalue weighted by atomic mass is 28.4. The zero-order valence-corrected chi connectivity index (χ0v) is 13.7. The van der Waals surface area contributed by atoms with Crippen molar-refractivity contribution in [2.24, 2.45) is 4.66 Å². The zero-order valence-electron chi connectivity index (χ0n) is 11.7. The highest BCUT2D eigenvalue weighted by molar-refractivity contribution is 6.76. The Hall–Kier alpha value is -0.876. The molecule has 0 fully saturated rings. The van der Waals surface area contributed by atoms with Gasteiger partial charge in [-0.05, 0) is 51.4 Å². The van der Waals surface area contributed by atoms with Crippen molar-refractivity contribution in [3.8, 4) is 0 Å². The minimum Gasteiger partial charge on any atom is -0.532 e. The van der Waals surface area contributed by atoms with E-state index < -0.39 is 16.6 Å². The Labute approximate surface area is 107 Å². The van der Waals surface area contributed by atoms with Gasteiger partial charge in [0.15, 0.2) is 14.1 Å². The molecule has 0 bridgehead atoms. The van der Waals surface area contributed by atoms with E-state index in [0.717, 1.165) is 11.5 Å². The molecule has 0 aromatic heterocycles. The van der Waals surface area contributed by atoms with Crippen molar-refractivity contribution >= 4 is 22.5 Å². The summed E-state index contributed by atoms with van der Waals surface area (Å²) >= 11 is 0. The molecule has 0 saturated heterocycles. The number of hydrogen-bond donors (Lipinski definition) is 0. The molecular weight excluding hydrogens is 242 g/mol. The van der Waals surface area contributed by atoms with Gasteiger partial charge in [0.2, 0.25) is 8.32 Å². The summed E-state index contributed by atoms with van der Waals surface area (Å²) in [4.78, 5) is 0. The third kappa shape index (κ3) is 5.84. The summed E-state index contributed by atoms with van der Waals surface area (Å²) in [5, 5.41) is 0. The van der Waals surface area contributed by atoms with Crippen LogP contribution in [0.5, 0.6) is 0 Å². The summed E-state index contributed by atoms with van der Waals surface area (Å²) in [6.45, 7) is 13.2. The summed E-state index contributed by atoms with van der Waals surface area (Å²) in [5.41, 5.74) is 1.09. The van der Waals surface area contributed by atoms with Crippen LogP contribution in [0.25, 0.3) is 0 Å². The van der Waals surface area contributed by atoms with E-state index in [1.165, 1.54) is 0 Å². The average Bonchev–Trinajstić information content (AvgIpc) is 2.14. The van der Waals surface area contributed by atoms with Gasteiger partial charge in [-0.3, -0.25) is 4.66 Å². The first kappa shape index (κ1) is 14.2. The van der Waals surface area contributed by atoms with Gasteiger partial charge in [-0.2, -0.15) is 0 Å². The fraction of sp³-hybridized carbons (Fsp3) is 0.462. The standard InChI is InChI=1S/C13H23NOSi2/c1-16(2,3)14-13(15-17(4,5)6)12-10-8-7-9-11-12/h7-11H,1-6H3/b14-13-. The number of benzene rings is 1. The van der Waals surface area contributed by atoms with Crippen LogP contribution < -0.4 is 0 Å². The maximum absolute atomic E-state index is 6.12. The molecule has 4 heteroatoms. The molecule has 0 aliphatic rings. The fourth-order valence-corrected chi connectivity index (χ4v) is 2.94. The Bertz CT molecular complexity index is 388. The molecule has 0 spiro atoms. The van der Waals surface area contributed by atoms with E-state index >= 15 is 0 Å². The molecule has 0 aliphatic carbocycles. The second-order valence-corrected chi connectivity index (χ2v) is 15.2. The summed E-state index contributed by atoms with van der Waals surface area (Å²) < 4.78 is 11.0. The molecule has 0 unspecified atom stereocenters. The molecule has 0 N–H and O–H groups in total. The maximum Gasteiger partial charge on any atom is 0.244 e. The lowest BCUT2D eigenvalue weighted by atomic mass is 10.2. The predicted octanol–water partition coefficient (Wildman–Crippen LogP) is 4.12. The van der Waals surface area contributed by atoms with E-state index in [1.54, 1.807) is 0 Å². The van der Waals surface area contributed by atoms with Crippen LogP contribution in [0, 0.1) is 0 Å². The van der Waals surface area contributed by atoms with Crippen LogP contribution in [0.1, 0.15) is 5.56 Å². The highest BCUT2D eigenvalue weighted by Gasteiger charge is 2.22. The molecule has 2 nitrogen and oxygen atoms in total. The van der Waals surface area contributed by atoms with Crippen LogP contribution in [-0.4, -0.2) is 22.5 Å². The first-order chi connectivity index (χ1) is 7.67. The molecule has 0 heterocycles. The molecule has 0 radical (unpaired) electrons. The van der Waals surface area contributed by atoms with Crippen molar-refractivity contribution in [2.45, 2.75) is 39.3 Å². The minimum absolute atomic E-state index is 0.837. The molecule has 0 atom stereocenters. The van der Waals surface area contributed by atoms with E-state index in [0.29, 0.717) is 0 Å². The minimum atomic E-state index is -1.61. The van der Waals surface area contributed by atoms with Crippen molar-refractivity contribution in [1.29, 1.82) is 0 Å². The molecule has 0 saturated carbocycles. The average molecular weight is 266 g/mol. The Morgan fingerprint density at radius 1 is 0.941 bits per heavy atom. The van der Waals surface area contributed by atoms with Gasteiger partial charge in [-0.1, -0.05) is 18.2 Å². The Morgan fingerprint density at radius 3 is 1.88 bits per heavy atom. The first-order valence-electron chi connectivity index (χ1n) is 6.02. The summed E-state index contributed by atoms with van der Waals surface area (Å²) in [6, 6.07) is 10.2. The second-order valence-electron chi connectivity index (χ2n) is 6.17. The lowest BCUT2D eigenvalue weighted by Crippen LogP contribution is -2.32. The molecule has 94 valence electrons. The topological polar surface area (TPSA) is 21.6 Å². The van der Waals surface area contributed by atoms with E-state index in [-0.39, 0.29) is 0 Å². The largest absolute Gasteiger partial charge is 0.532 e. The van der Waals surface area contributed by atoms with Crippen LogP contribution in [0.3, 0.4) is 0 Å². The Kier molecular flexibility index (Phi) is 4.33. The lowest BCUT2D eigenvalue weighted by Gasteiger charge is -2.23. The molecular formula is C13H23NOSi2. The zero-order chi connectivity index (χ0) is 13.1. The molecule has 0 aliphatic heterocycles. The van der Waals surface area contributed by atoms with E-state index in [4.69, 9.17) is 9.08 Å². The van der Waals surface area contributed by atoms with Crippen LogP contribution in [0.15, 0.2) is 35.0 Å². The molecule has 1 rings (SSSR count). The van der Waals surface area contributed by atoms with Crippen LogP contribution in [0.2, 0.25) is 39.3 Å². The molecule has 1 aromatic rings. The predicted molar refractivity (Wildman–Crippen MR) is 80.8 cm³/mol. The summed E-state index contributed by atoms with van der Waals surface area (Å²) in [6.07, 6.45) is 0. The quantitative estimate of drug-likeness (QED) is 0.458. The highest BCUT2D eigenvalue weighted by Crippen LogP contribution is 2.14. The van der Waals surface area contributed by atoms with Crippen molar-refractivity contribution in [3.63, 3.8) is 0 Å². The van der Waals surface area contributed by atoms with E-state index in [2.05, 4.69) is 51.4 Å². The van der Waals surface area contributed by atoms with Gasteiger partial charge < -0.3 is 4.43 Å². The van der Waals surface area contributed by atoms with Crippen molar-refractivity contribution in [1.82, 2.24) is 0 Å². The van der Waals surface area contributed by atoms with Crippen LogP contribution >= 0.6 is 0 Å². The van der Waals surface area contributed by atoms with Gasteiger partial charge in [0.25, 0.3) is 0 Å². The first-order valence-corrected chi connectivity index (χ1v) is 12.9. The second kappa shape index (κ2) is 5.18. The molecule has 1 aromatic carbocycles. The fourth-order valence-electron chi connectivity index (χ4n) is 1.32. The van der Waals surface area contributed by atoms with E-state index in [9.17, 15) is 0 Å². The molecule has 17 heavy (non-hydrogen) atoms. The van der Waals surface area contributed by atoms with Gasteiger partial charge in [-0.25, -0.2) is 0 Å². The Morgan fingerprint density at radius 2 is 1.47 bits per heavy atom. The van der Waals surface area contributed by atoms with Gasteiger partial charge >= 0.3 is 0 Å². The van der Waals surface area contributed by atoms with Gasteiger partial charge in [-0.15, -0.1) is 0 Å². The number of nitrogens with zero attached hydrogens (tertiary/aromatic N) is 1. The Balaban J connectivity index is 3.09. The SMILES string of the molecule is C[Si](C)(C)/N=C(\O[Si](C)(C)C)c1ccccc1. The smallest absolute Gasteiger partial charge is 0.244 e. The lowest BCUT2D eigenvalue weighted by molar-refractivity contribution is 0.555. The van der Waals surface area contributed by atoms with Gasteiger partial charge in [0, 0.05) is 5.56 Å². The van der Waals surface area contributed by atoms with Crippen molar-refractivity contribution in [2.75, 3.05) is 0 Å². The van der Waals surface area contributed by atoms with Gasteiger partial charge in [0.1, 0.15) is 0 Å². The third-order valence-corrected chi connectivity index (χ3v) is 3.54. The molecule has 0 amide bonds.